The maximum atomic E-state index is 12.3. The van der Waals surface area contributed by atoms with Crippen LogP contribution in [0.5, 0.6) is 11.5 Å². The van der Waals surface area contributed by atoms with Crippen LogP contribution in [0.25, 0.3) is 0 Å². The Labute approximate surface area is 206 Å². The van der Waals surface area contributed by atoms with Crippen LogP contribution < -0.4 is 25.5 Å². The molecule has 1 atom stereocenters. The fraction of sp³-hybridized carbons (Fsp3) is 0.304. The van der Waals surface area contributed by atoms with Crippen LogP contribution >= 0.6 is 22.6 Å². The van der Waals surface area contributed by atoms with E-state index in [2.05, 4.69) is 43.8 Å². The monoisotopic (exact) mass is 566 g/mol. The molecule has 0 aromatic heterocycles. The van der Waals surface area contributed by atoms with Gasteiger partial charge in [0.05, 0.1) is 16.9 Å². The number of ether oxygens (including phenoxy) is 2. The van der Waals surface area contributed by atoms with E-state index in [9.17, 15) is 14.4 Å². The Morgan fingerprint density at radius 1 is 1.18 bits per heavy atom. The smallest absolute Gasteiger partial charge is 0.329 e. The van der Waals surface area contributed by atoms with E-state index in [1.54, 1.807) is 19.1 Å². The summed E-state index contributed by atoms with van der Waals surface area (Å²) in [6.45, 7) is 5.41. The number of nitrogens with zero attached hydrogens (tertiary/aromatic N) is 1. The summed E-state index contributed by atoms with van der Waals surface area (Å²) in [4.78, 5) is 35.8. The van der Waals surface area contributed by atoms with E-state index >= 15 is 0 Å². The van der Waals surface area contributed by atoms with Crippen LogP contribution in [0.1, 0.15) is 31.4 Å². The van der Waals surface area contributed by atoms with Crippen molar-refractivity contribution in [2.75, 3.05) is 19.0 Å². The lowest BCUT2D eigenvalue weighted by Crippen LogP contribution is -2.41. The standard InChI is InChI=1S/C23H27IN4O5/c1-5-15(3)26-22(30)23(31)28-25-12-16-10-17(24)21(19(11-16)32-4)33-13-20(29)27-18-9-7-6-8-14(18)2/h6-12,15H,5,13H2,1-4H3,(H,26,30)(H,27,29)(H,28,31)/b25-12-/t15-/m0/s1. The van der Waals surface area contributed by atoms with Crippen molar-refractivity contribution in [3.63, 3.8) is 0 Å². The number of rotatable bonds is 9. The van der Waals surface area contributed by atoms with Gasteiger partial charge in [0.25, 0.3) is 5.91 Å². The van der Waals surface area contributed by atoms with E-state index in [4.69, 9.17) is 9.47 Å². The molecule has 0 aliphatic heterocycles. The van der Waals surface area contributed by atoms with Crippen LogP contribution in [-0.2, 0) is 14.4 Å². The summed E-state index contributed by atoms with van der Waals surface area (Å²) in [5, 5.41) is 9.19. The van der Waals surface area contributed by atoms with E-state index in [1.807, 2.05) is 38.1 Å². The minimum absolute atomic E-state index is 0.107. The third-order valence-corrected chi connectivity index (χ3v) is 5.40. The number of amides is 3. The highest BCUT2D eigenvalue weighted by Gasteiger charge is 2.15. The number of hydrogen-bond acceptors (Lipinski definition) is 6. The molecule has 0 saturated heterocycles. The molecular weight excluding hydrogens is 539 g/mol. The van der Waals surface area contributed by atoms with Crippen molar-refractivity contribution in [3.8, 4) is 11.5 Å². The first-order chi connectivity index (χ1) is 15.7. The van der Waals surface area contributed by atoms with E-state index in [0.29, 0.717) is 27.1 Å². The Morgan fingerprint density at radius 3 is 2.58 bits per heavy atom. The van der Waals surface area contributed by atoms with Gasteiger partial charge in [0.2, 0.25) is 0 Å². The summed E-state index contributed by atoms with van der Waals surface area (Å²) in [5.74, 6) is -1.10. The second-order valence-corrected chi connectivity index (χ2v) is 8.33. The first-order valence-corrected chi connectivity index (χ1v) is 11.3. The van der Waals surface area contributed by atoms with Crippen LogP contribution in [0.3, 0.4) is 0 Å². The van der Waals surface area contributed by atoms with Gasteiger partial charge < -0.3 is 20.1 Å². The van der Waals surface area contributed by atoms with Gasteiger partial charge >= 0.3 is 11.8 Å². The van der Waals surface area contributed by atoms with Crippen molar-refractivity contribution >= 4 is 52.2 Å². The molecule has 33 heavy (non-hydrogen) atoms. The summed E-state index contributed by atoms with van der Waals surface area (Å²) >= 11 is 2.05. The number of hydrazone groups is 1. The number of hydrogen-bond donors (Lipinski definition) is 3. The Hall–Kier alpha value is -3.15. The zero-order chi connectivity index (χ0) is 24.4. The number of halogens is 1. The fourth-order valence-electron chi connectivity index (χ4n) is 2.60. The predicted molar refractivity (Wildman–Crippen MR) is 135 cm³/mol. The van der Waals surface area contributed by atoms with Crippen molar-refractivity contribution in [2.45, 2.75) is 33.2 Å². The summed E-state index contributed by atoms with van der Waals surface area (Å²) in [7, 11) is 1.48. The molecule has 10 heteroatoms. The number of carbonyl (C=O) groups excluding carboxylic acids is 3. The van der Waals surface area contributed by atoms with Crippen molar-refractivity contribution in [3.05, 3.63) is 51.1 Å². The van der Waals surface area contributed by atoms with Crippen molar-refractivity contribution in [2.24, 2.45) is 5.10 Å². The molecule has 2 rings (SSSR count). The van der Waals surface area contributed by atoms with Gasteiger partial charge in [-0.05, 0) is 72.2 Å². The lowest BCUT2D eigenvalue weighted by Gasteiger charge is -2.14. The number of aryl methyl sites for hydroxylation is 1. The van der Waals surface area contributed by atoms with Gasteiger partial charge in [0, 0.05) is 11.7 Å². The predicted octanol–water partition coefficient (Wildman–Crippen LogP) is 2.99. The van der Waals surface area contributed by atoms with Crippen LogP contribution in [0.15, 0.2) is 41.5 Å². The zero-order valence-corrected chi connectivity index (χ0v) is 21.1. The number of anilines is 1. The van der Waals surface area contributed by atoms with Gasteiger partial charge in [0.15, 0.2) is 18.1 Å². The fourth-order valence-corrected chi connectivity index (χ4v) is 3.38. The van der Waals surface area contributed by atoms with E-state index in [0.717, 1.165) is 11.3 Å². The number of nitrogens with one attached hydrogen (secondary N) is 3. The molecule has 0 fully saturated rings. The topological polar surface area (TPSA) is 118 Å². The highest BCUT2D eigenvalue weighted by molar-refractivity contribution is 14.1. The lowest BCUT2D eigenvalue weighted by atomic mass is 10.2. The van der Waals surface area contributed by atoms with Crippen LogP contribution in [0.2, 0.25) is 0 Å². The molecule has 2 aromatic carbocycles. The van der Waals surface area contributed by atoms with Crippen LogP contribution in [-0.4, -0.2) is 43.7 Å². The maximum Gasteiger partial charge on any atom is 0.329 e. The molecule has 0 saturated carbocycles. The number of methoxy groups -OCH3 is 1. The largest absolute Gasteiger partial charge is 0.493 e. The number of para-hydroxylation sites is 1. The average Bonchev–Trinajstić information content (AvgIpc) is 2.79. The van der Waals surface area contributed by atoms with Gasteiger partial charge in [-0.25, -0.2) is 5.43 Å². The highest BCUT2D eigenvalue weighted by atomic mass is 127. The molecule has 0 heterocycles. The molecule has 0 unspecified atom stereocenters. The number of carbonyl (C=O) groups is 3. The van der Waals surface area contributed by atoms with Gasteiger partial charge in [-0.1, -0.05) is 25.1 Å². The molecular formula is C23H27IN4O5. The normalized spacial score (nSPS) is 11.5. The number of benzene rings is 2. The SMILES string of the molecule is CC[C@H](C)NC(=O)C(=O)N/N=C\c1cc(I)c(OCC(=O)Nc2ccccc2C)c(OC)c1. The molecule has 9 nitrogen and oxygen atoms in total. The Bertz CT molecular complexity index is 1040. The summed E-state index contributed by atoms with van der Waals surface area (Å²) in [5.41, 5.74) is 4.47. The quantitative estimate of drug-likeness (QED) is 0.187. The molecule has 2 aromatic rings. The molecule has 0 radical (unpaired) electrons. The average molecular weight is 566 g/mol. The van der Waals surface area contributed by atoms with Crippen molar-refractivity contribution in [1.29, 1.82) is 0 Å². The summed E-state index contributed by atoms with van der Waals surface area (Å²) < 4.78 is 11.8. The lowest BCUT2D eigenvalue weighted by molar-refractivity contribution is -0.139. The second kappa shape index (κ2) is 12.8. The van der Waals surface area contributed by atoms with Crippen LogP contribution in [0.4, 0.5) is 5.69 Å². The maximum absolute atomic E-state index is 12.3. The molecule has 0 aliphatic carbocycles. The second-order valence-electron chi connectivity index (χ2n) is 7.17. The Morgan fingerprint density at radius 2 is 1.91 bits per heavy atom. The summed E-state index contributed by atoms with van der Waals surface area (Å²) in [6, 6.07) is 10.7. The van der Waals surface area contributed by atoms with Gasteiger partial charge in [0.1, 0.15) is 0 Å². The van der Waals surface area contributed by atoms with E-state index < -0.39 is 11.8 Å². The van der Waals surface area contributed by atoms with Crippen molar-refractivity contribution in [1.82, 2.24) is 10.7 Å². The van der Waals surface area contributed by atoms with Crippen LogP contribution in [0, 0.1) is 10.5 Å². The van der Waals surface area contributed by atoms with E-state index in [1.165, 1.54) is 13.3 Å². The third-order valence-electron chi connectivity index (χ3n) is 4.59. The van der Waals surface area contributed by atoms with Gasteiger partial charge in [-0.2, -0.15) is 5.10 Å². The van der Waals surface area contributed by atoms with Gasteiger partial charge in [-0.3, -0.25) is 14.4 Å². The zero-order valence-electron chi connectivity index (χ0n) is 18.9. The van der Waals surface area contributed by atoms with Gasteiger partial charge in [-0.15, -0.1) is 0 Å². The molecule has 176 valence electrons. The minimum atomic E-state index is -0.854. The Balaban J connectivity index is 2.00. The minimum Gasteiger partial charge on any atom is -0.493 e. The Kier molecular flexibility index (Phi) is 10.1. The highest BCUT2D eigenvalue weighted by Crippen LogP contribution is 2.33. The molecule has 3 amide bonds. The van der Waals surface area contributed by atoms with Crippen molar-refractivity contribution < 1.29 is 23.9 Å². The van der Waals surface area contributed by atoms with E-state index in [-0.39, 0.29) is 18.6 Å². The molecule has 0 aliphatic rings. The summed E-state index contributed by atoms with van der Waals surface area (Å²) in [6.07, 6.45) is 2.09. The molecule has 0 spiro atoms. The first kappa shape index (κ1) is 26.1. The molecule has 0 bridgehead atoms. The first-order valence-electron chi connectivity index (χ1n) is 10.2. The molecule has 3 N–H and O–H groups in total. The third kappa shape index (κ3) is 8.04.